The van der Waals surface area contributed by atoms with Crippen molar-refractivity contribution in [3.8, 4) is 0 Å². The van der Waals surface area contributed by atoms with Crippen LogP contribution in [-0.2, 0) is 0 Å². The van der Waals surface area contributed by atoms with E-state index in [1.54, 1.807) is 11.1 Å². The number of aryl methyl sites for hydroxylation is 2. The number of benzene rings is 2. The van der Waals surface area contributed by atoms with Crippen molar-refractivity contribution in [3.63, 3.8) is 0 Å². The van der Waals surface area contributed by atoms with Crippen molar-refractivity contribution in [1.29, 1.82) is 0 Å². The molecule has 176 valence electrons. The van der Waals surface area contributed by atoms with Gasteiger partial charge in [-0.25, -0.2) is 0 Å². The normalized spacial score (nSPS) is 25.6. The Bertz CT molecular complexity index is 670. The quantitative estimate of drug-likeness (QED) is 0.426. The highest BCUT2D eigenvalue weighted by molar-refractivity contribution is 5.25. The summed E-state index contributed by atoms with van der Waals surface area (Å²) in [5.74, 6) is 3.72. The van der Waals surface area contributed by atoms with Crippen molar-refractivity contribution in [1.82, 2.24) is 0 Å². The molecule has 2 aliphatic rings. The van der Waals surface area contributed by atoms with Crippen molar-refractivity contribution >= 4 is 0 Å². The molecule has 4 rings (SSSR count). The smallest absolute Gasteiger partial charge is 0.0162 e. The van der Waals surface area contributed by atoms with E-state index in [-0.39, 0.29) is 0 Å². The summed E-state index contributed by atoms with van der Waals surface area (Å²) in [6.07, 6.45) is 17.1. The van der Waals surface area contributed by atoms with Crippen LogP contribution in [0.15, 0.2) is 48.5 Å². The predicted molar refractivity (Wildman–Crippen MR) is 142 cm³/mol. The highest BCUT2D eigenvalue weighted by Crippen LogP contribution is 2.38. The third kappa shape index (κ3) is 7.79. The highest BCUT2D eigenvalue weighted by Gasteiger charge is 2.22. The first kappa shape index (κ1) is 25.1. The molecule has 0 radical (unpaired) electrons. The van der Waals surface area contributed by atoms with Crippen molar-refractivity contribution < 1.29 is 0 Å². The lowest BCUT2D eigenvalue weighted by molar-refractivity contribution is 0.308. The molecule has 2 aromatic rings. The Morgan fingerprint density at radius 3 is 1.09 bits per heavy atom. The first-order valence-electron chi connectivity index (χ1n) is 13.7. The molecule has 0 unspecified atom stereocenters. The van der Waals surface area contributed by atoms with E-state index < -0.39 is 0 Å². The molecule has 0 nitrogen and oxygen atoms in total. The van der Waals surface area contributed by atoms with Crippen LogP contribution in [0.25, 0.3) is 0 Å². The fourth-order valence-corrected chi connectivity index (χ4v) is 6.06. The maximum absolute atomic E-state index is 2.33. The lowest BCUT2D eigenvalue weighted by Crippen LogP contribution is -2.13. The third-order valence-electron chi connectivity index (χ3n) is 8.18. The van der Waals surface area contributed by atoms with Gasteiger partial charge in [0.15, 0.2) is 0 Å². The van der Waals surface area contributed by atoms with E-state index in [0.29, 0.717) is 0 Å². The first-order valence-corrected chi connectivity index (χ1v) is 13.7. The van der Waals surface area contributed by atoms with Gasteiger partial charge in [-0.15, -0.1) is 0 Å². The van der Waals surface area contributed by atoms with Crippen LogP contribution in [0.2, 0.25) is 0 Å². The summed E-state index contributed by atoms with van der Waals surface area (Å²) >= 11 is 0. The van der Waals surface area contributed by atoms with Gasteiger partial charge < -0.3 is 0 Å². The van der Waals surface area contributed by atoms with E-state index in [1.165, 1.54) is 88.2 Å². The second-order valence-electron chi connectivity index (χ2n) is 10.8. The van der Waals surface area contributed by atoms with Gasteiger partial charge in [-0.05, 0) is 100 Å². The average molecular weight is 433 g/mol. The molecule has 0 amide bonds. The van der Waals surface area contributed by atoms with Gasteiger partial charge in [0.1, 0.15) is 0 Å². The molecule has 0 N–H and O–H groups in total. The molecule has 0 spiro atoms. The van der Waals surface area contributed by atoms with Crippen LogP contribution in [-0.4, -0.2) is 0 Å². The number of rotatable bonds is 6. The Morgan fingerprint density at radius 1 is 0.500 bits per heavy atom. The Labute approximate surface area is 199 Å². The second kappa shape index (κ2) is 13.2. The van der Waals surface area contributed by atoms with Crippen LogP contribution in [0.4, 0.5) is 0 Å². The lowest BCUT2D eigenvalue weighted by Gasteiger charge is -2.28. The van der Waals surface area contributed by atoms with E-state index in [9.17, 15) is 0 Å². The van der Waals surface area contributed by atoms with Gasteiger partial charge in [-0.2, -0.15) is 0 Å². The largest absolute Gasteiger partial charge is 0.0654 e. The van der Waals surface area contributed by atoms with Crippen molar-refractivity contribution in [2.75, 3.05) is 0 Å². The molecule has 0 saturated heterocycles. The van der Waals surface area contributed by atoms with Crippen LogP contribution in [0.3, 0.4) is 0 Å². The van der Waals surface area contributed by atoms with E-state index in [2.05, 4.69) is 76.2 Å². The van der Waals surface area contributed by atoms with Crippen molar-refractivity contribution in [2.45, 2.75) is 117 Å². The Kier molecular flexibility index (Phi) is 10.4. The number of hydrogen-bond donors (Lipinski definition) is 0. The Balaban J connectivity index is 0.000000181. The summed E-state index contributed by atoms with van der Waals surface area (Å²) in [5.41, 5.74) is 5.90. The second-order valence-corrected chi connectivity index (χ2v) is 10.8. The van der Waals surface area contributed by atoms with E-state index >= 15 is 0 Å². The lowest BCUT2D eigenvalue weighted by atomic mass is 9.77. The van der Waals surface area contributed by atoms with Gasteiger partial charge in [0.05, 0.1) is 0 Å². The van der Waals surface area contributed by atoms with E-state index in [1.807, 2.05) is 0 Å². The fourth-order valence-electron chi connectivity index (χ4n) is 6.06. The van der Waals surface area contributed by atoms with Gasteiger partial charge >= 0.3 is 0 Å². The first-order chi connectivity index (χ1) is 15.6. The molecular formula is C32H48. The van der Waals surface area contributed by atoms with Gasteiger partial charge in [0, 0.05) is 0 Å². The molecule has 0 heterocycles. The minimum atomic E-state index is 0.841. The molecular weight excluding hydrogens is 384 g/mol. The van der Waals surface area contributed by atoms with Crippen LogP contribution >= 0.6 is 0 Å². The van der Waals surface area contributed by atoms with Crippen LogP contribution in [0.5, 0.6) is 0 Å². The summed E-state index contributed by atoms with van der Waals surface area (Å²) in [4.78, 5) is 0. The fraction of sp³-hybridized carbons (Fsp3) is 0.625. The molecule has 32 heavy (non-hydrogen) atoms. The van der Waals surface area contributed by atoms with Gasteiger partial charge in [-0.1, -0.05) is 99.2 Å². The summed E-state index contributed by atoms with van der Waals surface area (Å²) in [5, 5.41) is 0. The summed E-state index contributed by atoms with van der Waals surface area (Å²) < 4.78 is 0. The predicted octanol–water partition coefficient (Wildman–Crippen LogP) is 10.1. The topological polar surface area (TPSA) is 0 Å². The van der Waals surface area contributed by atoms with E-state index in [4.69, 9.17) is 0 Å². The van der Waals surface area contributed by atoms with Gasteiger partial charge in [-0.3, -0.25) is 0 Å². The zero-order valence-corrected chi connectivity index (χ0v) is 21.4. The molecule has 0 aromatic heterocycles. The number of hydrogen-bond acceptors (Lipinski definition) is 0. The summed E-state index contributed by atoms with van der Waals surface area (Å²) in [6, 6.07) is 18.4. The van der Waals surface area contributed by atoms with Crippen LogP contribution in [0, 0.1) is 25.7 Å². The molecule has 0 aliphatic heterocycles. The average Bonchev–Trinajstić information content (AvgIpc) is 2.82. The summed E-state index contributed by atoms with van der Waals surface area (Å²) in [7, 11) is 0. The minimum Gasteiger partial charge on any atom is -0.0654 e. The maximum atomic E-state index is 2.33. The van der Waals surface area contributed by atoms with Crippen LogP contribution < -0.4 is 0 Å². The van der Waals surface area contributed by atoms with Crippen LogP contribution in [0.1, 0.15) is 125 Å². The standard InChI is InChI=1S/2C16H24/c2*1-3-4-14-7-11-16(12-8-14)15-9-5-13(2)6-10-15/h2*5-6,9-10,14,16H,3-4,7-8,11-12H2,1-2H3. The van der Waals surface area contributed by atoms with Gasteiger partial charge in [0.2, 0.25) is 0 Å². The zero-order valence-electron chi connectivity index (χ0n) is 21.4. The molecule has 2 fully saturated rings. The Hall–Kier alpha value is -1.56. The molecule has 0 bridgehead atoms. The molecule has 2 saturated carbocycles. The maximum Gasteiger partial charge on any atom is -0.0162 e. The van der Waals surface area contributed by atoms with Crippen molar-refractivity contribution in [2.24, 2.45) is 11.8 Å². The monoisotopic (exact) mass is 432 g/mol. The third-order valence-corrected chi connectivity index (χ3v) is 8.18. The SMILES string of the molecule is CCCC1CCC(c2ccc(C)cc2)CC1.CCCC1CCC(c2ccc(C)cc2)CC1. The molecule has 2 aliphatic carbocycles. The Morgan fingerprint density at radius 2 is 0.812 bits per heavy atom. The molecule has 2 aromatic carbocycles. The summed E-state index contributed by atoms with van der Waals surface area (Å²) in [6.45, 7) is 8.96. The highest BCUT2D eigenvalue weighted by atomic mass is 14.3. The van der Waals surface area contributed by atoms with Crippen molar-refractivity contribution in [3.05, 3.63) is 70.8 Å². The minimum absolute atomic E-state index is 0.841. The zero-order chi connectivity index (χ0) is 22.8. The molecule has 0 heteroatoms. The van der Waals surface area contributed by atoms with Gasteiger partial charge in [0.25, 0.3) is 0 Å². The van der Waals surface area contributed by atoms with E-state index in [0.717, 1.165) is 23.7 Å². The molecule has 0 atom stereocenters.